The van der Waals surface area contributed by atoms with E-state index in [4.69, 9.17) is 4.42 Å². The maximum atomic E-state index is 12.2. The first-order valence-corrected chi connectivity index (χ1v) is 7.90. The summed E-state index contributed by atoms with van der Waals surface area (Å²) in [6, 6.07) is 4.12. The summed E-state index contributed by atoms with van der Waals surface area (Å²) in [6.07, 6.45) is 9.76. The summed E-state index contributed by atoms with van der Waals surface area (Å²) < 4.78 is 8.33. The first kappa shape index (κ1) is 14.6. The summed E-state index contributed by atoms with van der Waals surface area (Å²) >= 11 is 0. The average molecular weight is 327 g/mol. The van der Waals surface area contributed by atoms with Crippen molar-refractivity contribution in [3.05, 3.63) is 47.6 Å². The molecule has 1 aliphatic carbocycles. The van der Waals surface area contributed by atoms with Crippen molar-refractivity contribution >= 4 is 6.01 Å². The number of rotatable bonds is 4. The lowest BCUT2D eigenvalue weighted by Crippen LogP contribution is -2.33. The second kappa shape index (κ2) is 6.26. The number of anilines is 1. The Morgan fingerprint density at radius 1 is 1.21 bits per heavy atom. The van der Waals surface area contributed by atoms with Gasteiger partial charge in [0.05, 0.1) is 12.2 Å². The van der Waals surface area contributed by atoms with E-state index in [0.29, 0.717) is 17.9 Å². The van der Waals surface area contributed by atoms with Gasteiger partial charge in [-0.25, -0.2) is 19.3 Å². The minimum Gasteiger partial charge on any atom is -0.432 e. The van der Waals surface area contributed by atoms with Gasteiger partial charge >= 0.3 is 0 Å². The topological polar surface area (TPSA) is 104 Å². The van der Waals surface area contributed by atoms with Gasteiger partial charge in [0, 0.05) is 12.1 Å². The molecule has 9 heteroatoms. The summed E-state index contributed by atoms with van der Waals surface area (Å²) in [5.41, 5.74) is -0.0945. The molecule has 9 nitrogen and oxygen atoms in total. The molecule has 0 amide bonds. The van der Waals surface area contributed by atoms with Crippen LogP contribution < -0.4 is 10.9 Å². The fourth-order valence-electron chi connectivity index (χ4n) is 3.06. The quantitative estimate of drug-likeness (QED) is 0.772. The zero-order valence-corrected chi connectivity index (χ0v) is 12.9. The summed E-state index contributed by atoms with van der Waals surface area (Å²) in [5, 5.41) is 11.8. The molecule has 124 valence electrons. The Hall–Kier alpha value is -2.97. The van der Waals surface area contributed by atoms with E-state index in [-0.39, 0.29) is 11.6 Å². The molecule has 0 aromatic carbocycles. The van der Waals surface area contributed by atoms with Crippen LogP contribution in [0, 0.1) is 0 Å². The van der Waals surface area contributed by atoms with Gasteiger partial charge in [-0.15, -0.1) is 5.10 Å². The van der Waals surface area contributed by atoms with Crippen molar-refractivity contribution in [2.24, 2.45) is 0 Å². The van der Waals surface area contributed by atoms with Gasteiger partial charge in [-0.3, -0.25) is 4.79 Å². The third kappa shape index (κ3) is 2.92. The Labute approximate surface area is 137 Å². The molecule has 3 heterocycles. The third-order valence-corrected chi connectivity index (χ3v) is 4.27. The normalized spacial score (nSPS) is 20.8. The van der Waals surface area contributed by atoms with Crippen molar-refractivity contribution in [1.29, 1.82) is 0 Å². The molecule has 0 saturated heterocycles. The van der Waals surface area contributed by atoms with E-state index in [0.717, 1.165) is 25.7 Å². The number of aromatic nitrogens is 6. The molecule has 0 atom stereocenters. The molecule has 1 aliphatic rings. The molecule has 3 aromatic heterocycles. The van der Waals surface area contributed by atoms with Crippen LogP contribution in [-0.4, -0.2) is 35.6 Å². The highest BCUT2D eigenvalue weighted by molar-refractivity contribution is 5.20. The standard InChI is InChI=1S/C15H17N7O2/c23-14-6-5-13(21-10-16-9-18-21)20-22(14)12-3-1-11(2-4-12)19-15-17-7-8-24-15/h5-12H,1-4H2,(H,17,19). The second-order valence-electron chi connectivity index (χ2n) is 5.80. The smallest absolute Gasteiger partial charge is 0.294 e. The van der Waals surface area contributed by atoms with Crippen molar-refractivity contribution in [2.75, 3.05) is 5.32 Å². The van der Waals surface area contributed by atoms with Gasteiger partial charge in [-0.1, -0.05) is 0 Å². The van der Waals surface area contributed by atoms with E-state index in [9.17, 15) is 4.79 Å². The minimum absolute atomic E-state index is 0.0866. The predicted octanol–water partition coefficient (Wildman–Crippen LogP) is 1.41. The fourth-order valence-corrected chi connectivity index (χ4v) is 3.06. The predicted molar refractivity (Wildman–Crippen MR) is 84.8 cm³/mol. The van der Waals surface area contributed by atoms with E-state index >= 15 is 0 Å². The van der Waals surface area contributed by atoms with Crippen molar-refractivity contribution < 1.29 is 4.42 Å². The maximum absolute atomic E-state index is 12.2. The van der Waals surface area contributed by atoms with Gasteiger partial charge < -0.3 is 9.73 Å². The van der Waals surface area contributed by atoms with Gasteiger partial charge in [0.25, 0.3) is 11.6 Å². The Morgan fingerprint density at radius 2 is 2.08 bits per heavy atom. The summed E-state index contributed by atoms with van der Waals surface area (Å²) in [6.45, 7) is 0. The maximum Gasteiger partial charge on any atom is 0.294 e. The van der Waals surface area contributed by atoms with Crippen LogP contribution >= 0.6 is 0 Å². The van der Waals surface area contributed by atoms with E-state index in [1.54, 1.807) is 34.2 Å². The molecule has 4 rings (SSSR count). The Balaban J connectivity index is 1.47. The number of hydrogen-bond donors (Lipinski definition) is 1. The molecule has 0 radical (unpaired) electrons. The fraction of sp³-hybridized carbons (Fsp3) is 0.400. The van der Waals surface area contributed by atoms with Crippen molar-refractivity contribution in [2.45, 2.75) is 37.8 Å². The average Bonchev–Trinajstić information content (AvgIpc) is 3.30. The zero-order valence-electron chi connectivity index (χ0n) is 12.9. The Kier molecular flexibility index (Phi) is 3.81. The highest BCUT2D eigenvalue weighted by Gasteiger charge is 2.24. The molecule has 24 heavy (non-hydrogen) atoms. The van der Waals surface area contributed by atoms with Crippen LogP contribution in [0.25, 0.3) is 5.82 Å². The minimum atomic E-state index is -0.0945. The number of nitrogens with zero attached hydrogens (tertiary/aromatic N) is 6. The van der Waals surface area contributed by atoms with Crippen LogP contribution in [0.4, 0.5) is 6.01 Å². The van der Waals surface area contributed by atoms with Crippen LogP contribution in [0.15, 0.2) is 46.5 Å². The third-order valence-electron chi connectivity index (χ3n) is 4.27. The highest BCUT2D eigenvalue weighted by atomic mass is 16.4. The lowest BCUT2D eigenvalue weighted by molar-refractivity contribution is 0.300. The van der Waals surface area contributed by atoms with Crippen LogP contribution in [0.3, 0.4) is 0 Å². The molecule has 1 N–H and O–H groups in total. The Bertz CT molecular complexity index is 833. The number of oxazole rings is 1. The zero-order chi connectivity index (χ0) is 16.4. The first-order chi connectivity index (χ1) is 11.8. The molecule has 0 bridgehead atoms. The van der Waals surface area contributed by atoms with Crippen molar-refractivity contribution in [3.8, 4) is 5.82 Å². The molecule has 0 aliphatic heterocycles. The monoisotopic (exact) mass is 327 g/mol. The lowest BCUT2D eigenvalue weighted by atomic mass is 9.91. The summed E-state index contributed by atoms with van der Waals surface area (Å²) in [5.74, 6) is 0.590. The SMILES string of the molecule is O=c1ccc(-n2cncn2)nn1C1CCC(Nc2ncco2)CC1. The van der Waals surface area contributed by atoms with Crippen LogP contribution in [-0.2, 0) is 0 Å². The molecule has 1 saturated carbocycles. The highest BCUT2D eigenvalue weighted by Crippen LogP contribution is 2.28. The molecular weight excluding hydrogens is 310 g/mol. The summed E-state index contributed by atoms with van der Waals surface area (Å²) in [4.78, 5) is 20.2. The van der Waals surface area contributed by atoms with Crippen LogP contribution in [0.5, 0.6) is 0 Å². The van der Waals surface area contributed by atoms with Gasteiger partial charge in [-0.05, 0) is 31.7 Å². The Morgan fingerprint density at radius 3 is 2.79 bits per heavy atom. The first-order valence-electron chi connectivity index (χ1n) is 7.90. The molecule has 3 aromatic rings. The van der Waals surface area contributed by atoms with Crippen molar-refractivity contribution in [3.63, 3.8) is 0 Å². The van der Waals surface area contributed by atoms with Crippen molar-refractivity contribution in [1.82, 2.24) is 29.5 Å². The summed E-state index contributed by atoms with van der Waals surface area (Å²) in [7, 11) is 0. The van der Waals surface area contributed by atoms with Gasteiger partial charge in [0.15, 0.2) is 5.82 Å². The van der Waals surface area contributed by atoms with E-state index < -0.39 is 0 Å². The van der Waals surface area contributed by atoms with Gasteiger partial charge in [0.2, 0.25) is 0 Å². The van der Waals surface area contributed by atoms with Gasteiger partial charge in [0.1, 0.15) is 18.9 Å². The van der Waals surface area contributed by atoms with E-state index in [1.807, 2.05) is 0 Å². The molecule has 0 spiro atoms. The van der Waals surface area contributed by atoms with E-state index in [2.05, 4.69) is 25.5 Å². The molecule has 0 unspecified atom stereocenters. The number of nitrogens with one attached hydrogen (secondary N) is 1. The largest absolute Gasteiger partial charge is 0.432 e. The second-order valence-corrected chi connectivity index (χ2v) is 5.80. The number of hydrogen-bond acceptors (Lipinski definition) is 7. The van der Waals surface area contributed by atoms with Crippen LogP contribution in [0.2, 0.25) is 0 Å². The molecular formula is C15H17N7O2. The van der Waals surface area contributed by atoms with Gasteiger partial charge in [-0.2, -0.15) is 5.10 Å². The van der Waals surface area contributed by atoms with E-state index in [1.165, 1.54) is 12.4 Å². The lowest BCUT2D eigenvalue weighted by Gasteiger charge is -2.29. The molecule has 1 fully saturated rings. The van der Waals surface area contributed by atoms with Crippen LogP contribution in [0.1, 0.15) is 31.7 Å².